The molecule has 0 spiro atoms. The number of amides is 2. The van der Waals surface area contributed by atoms with Crippen molar-refractivity contribution in [3.63, 3.8) is 0 Å². The number of carbonyl (C=O) groups excluding carboxylic acids is 2. The minimum atomic E-state index is -3.80. The standard InChI is InChI=1S/C32H31N5O4S/c1-3-20-37(32(39)24-8-5-4-6-9-24)21-29(38)33-25-16-14-23(15-17-25)31-34-27-10-7-11-28(30(27)35-31)36-42(40,41)26-18-12-22(2)13-19-26/h4-19,36H,3,20-21H2,1-2H3,(H,33,38)(H,34,35). The van der Waals surface area contributed by atoms with Crippen molar-refractivity contribution < 1.29 is 18.0 Å². The lowest BCUT2D eigenvalue weighted by Crippen LogP contribution is -2.38. The van der Waals surface area contributed by atoms with E-state index in [9.17, 15) is 18.0 Å². The highest BCUT2D eigenvalue weighted by Crippen LogP contribution is 2.28. The minimum Gasteiger partial charge on any atom is -0.338 e. The maximum Gasteiger partial charge on any atom is 0.261 e. The summed E-state index contributed by atoms with van der Waals surface area (Å²) < 4.78 is 28.6. The van der Waals surface area contributed by atoms with E-state index < -0.39 is 10.0 Å². The third kappa shape index (κ3) is 6.50. The highest BCUT2D eigenvalue weighted by atomic mass is 32.2. The van der Waals surface area contributed by atoms with Gasteiger partial charge in [0.2, 0.25) is 5.91 Å². The van der Waals surface area contributed by atoms with Gasteiger partial charge in [-0.05, 0) is 74.0 Å². The van der Waals surface area contributed by atoms with E-state index in [-0.39, 0.29) is 23.3 Å². The zero-order valence-corrected chi connectivity index (χ0v) is 24.1. The summed E-state index contributed by atoms with van der Waals surface area (Å²) in [7, 11) is -3.80. The predicted octanol–water partition coefficient (Wildman–Crippen LogP) is 5.83. The summed E-state index contributed by atoms with van der Waals surface area (Å²) in [6, 6.07) is 27.9. The summed E-state index contributed by atoms with van der Waals surface area (Å²) in [5, 5.41) is 2.86. The van der Waals surface area contributed by atoms with Crippen molar-refractivity contribution in [2.45, 2.75) is 25.2 Å². The number of benzene rings is 4. The lowest BCUT2D eigenvalue weighted by atomic mass is 10.2. The molecule has 0 fully saturated rings. The first-order valence-corrected chi connectivity index (χ1v) is 15.0. The van der Waals surface area contributed by atoms with Crippen molar-refractivity contribution in [2.75, 3.05) is 23.1 Å². The Morgan fingerprint density at radius 3 is 2.29 bits per heavy atom. The fourth-order valence-electron chi connectivity index (χ4n) is 4.54. The molecule has 3 N–H and O–H groups in total. The van der Waals surface area contributed by atoms with Crippen LogP contribution in [-0.4, -0.2) is 48.2 Å². The topological polar surface area (TPSA) is 124 Å². The number of aromatic nitrogens is 2. The maximum atomic E-state index is 13.0. The molecule has 0 aliphatic carbocycles. The number of imidazole rings is 1. The summed E-state index contributed by atoms with van der Waals surface area (Å²) in [5.41, 5.74) is 4.36. The van der Waals surface area contributed by atoms with Gasteiger partial charge < -0.3 is 15.2 Å². The predicted molar refractivity (Wildman–Crippen MR) is 165 cm³/mol. The summed E-state index contributed by atoms with van der Waals surface area (Å²) in [5.74, 6) is 0.0653. The van der Waals surface area contributed by atoms with Crippen molar-refractivity contribution in [3.05, 3.63) is 108 Å². The van der Waals surface area contributed by atoms with Crippen LogP contribution < -0.4 is 10.0 Å². The van der Waals surface area contributed by atoms with Crippen LogP contribution in [0.1, 0.15) is 29.3 Å². The van der Waals surface area contributed by atoms with E-state index in [1.807, 2.05) is 38.1 Å². The summed E-state index contributed by atoms with van der Waals surface area (Å²) in [4.78, 5) is 35.3. The van der Waals surface area contributed by atoms with Gasteiger partial charge in [-0.3, -0.25) is 14.3 Å². The van der Waals surface area contributed by atoms with Gasteiger partial charge in [0.25, 0.3) is 15.9 Å². The van der Waals surface area contributed by atoms with E-state index in [4.69, 9.17) is 0 Å². The Morgan fingerprint density at radius 2 is 1.60 bits per heavy atom. The second-order valence-corrected chi connectivity index (χ2v) is 11.6. The number of hydrogen-bond donors (Lipinski definition) is 3. The maximum absolute atomic E-state index is 13.0. The number of H-pyrrole nitrogens is 1. The lowest BCUT2D eigenvalue weighted by molar-refractivity contribution is -0.116. The smallest absolute Gasteiger partial charge is 0.261 e. The van der Waals surface area contributed by atoms with Crippen LogP contribution in [0.25, 0.3) is 22.4 Å². The third-order valence-corrected chi connectivity index (χ3v) is 8.05. The number of para-hydroxylation sites is 1. The number of sulfonamides is 1. The molecular formula is C32H31N5O4S. The molecule has 4 aromatic carbocycles. The second-order valence-electron chi connectivity index (χ2n) is 9.92. The number of rotatable bonds is 10. The number of carbonyl (C=O) groups is 2. The molecule has 2 amide bonds. The monoisotopic (exact) mass is 581 g/mol. The Hall–Kier alpha value is -4.96. The Bertz CT molecular complexity index is 1820. The summed E-state index contributed by atoms with van der Waals surface area (Å²) >= 11 is 0. The van der Waals surface area contributed by atoms with Gasteiger partial charge in [0, 0.05) is 23.4 Å². The first-order valence-electron chi connectivity index (χ1n) is 13.6. The number of nitrogens with one attached hydrogen (secondary N) is 3. The Labute approximate surface area is 244 Å². The zero-order valence-electron chi connectivity index (χ0n) is 23.3. The molecule has 0 unspecified atom stereocenters. The number of aryl methyl sites for hydroxylation is 1. The van der Waals surface area contributed by atoms with Crippen LogP contribution in [0.2, 0.25) is 0 Å². The highest BCUT2D eigenvalue weighted by molar-refractivity contribution is 7.92. The molecule has 1 aromatic heterocycles. The van der Waals surface area contributed by atoms with Crippen LogP contribution in [0.15, 0.2) is 102 Å². The molecule has 0 atom stereocenters. The van der Waals surface area contributed by atoms with Crippen molar-refractivity contribution in [2.24, 2.45) is 0 Å². The number of nitrogens with zero attached hydrogens (tertiary/aromatic N) is 2. The first-order chi connectivity index (χ1) is 20.2. The van der Waals surface area contributed by atoms with E-state index >= 15 is 0 Å². The fourth-order valence-corrected chi connectivity index (χ4v) is 5.61. The molecule has 10 heteroatoms. The molecular weight excluding hydrogens is 550 g/mol. The SMILES string of the molecule is CCCN(CC(=O)Nc1ccc(-c2nc3c(NS(=O)(=O)c4ccc(C)cc4)cccc3[nH]2)cc1)C(=O)c1ccccc1. The molecule has 9 nitrogen and oxygen atoms in total. The molecule has 5 rings (SSSR count). The molecule has 5 aromatic rings. The van der Waals surface area contributed by atoms with Gasteiger partial charge in [-0.25, -0.2) is 13.4 Å². The van der Waals surface area contributed by atoms with Gasteiger partial charge in [-0.15, -0.1) is 0 Å². The minimum absolute atomic E-state index is 0.0613. The summed E-state index contributed by atoms with van der Waals surface area (Å²) in [6.45, 7) is 4.26. The van der Waals surface area contributed by atoms with Gasteiger partial charge in [-0.1, -0.05) is 48.9 Å². The van der Waals surface area contributed by atoms with Crippen LogP contribution in [0.3, 0.4) is 0 Å². The Balaban J connectivity index is 1.29. The molecule has 0 saturated carbocycles. The third-order valence-electron chi connectivity index (χ3n) is 6.67. The van der Waals surface area contributed by atoms with Crippen molar-refractivity contribution in [3.8, 4) is 11.4 Å². The lowest BCUT2D eigenvalue weighted by Gasteiger charge is -2.21. The van der Waals surface area contributed by atoms with Crippen molar-refractivity contribution in [1.82, 2.24) is 14.9 Å². The Morgan fingerprint density at radius 1 is 0.881 bits per heavy atom. The van der Waals surface area contributed by atoms with E-state index in [0.29, 0.717) is 40.3 Å². The highest BCUT2D eigenvalue weighted by Gasteiger charge is 2.19. The molecule has 0 aliphatic rings. The van der Waals surface area contributed by atoms with Gasteiger partial charge in [-0.2, -0.15) is 0 Å². The van der Waals surface area contributed by atoms with Gasteiger partial charge in [0.15, 0.2) is 0 Å². The quantitative estimate of drug-likeness (QED) is 0.191. The van der Waals surface area contributed by atoms with E-state index in [2.05, 4.69) is 20.0 Å². The average molecular weight is 582 g/mol. The van der Waals surface area contributed by atoms with Crippen LogP contribution in [0.5, 0.6) is 0 Å². The molecule has 0 bridgehead atoms. The fraction of sp³-hybridized carbons (Fsp3) is 0.156. The number of fused-ring (bicyclic) bond motifs is 1. The van der Waals surface area contributed by atoms with Gasteiger partial charge >= 0.3 is 0 Å². The zero-order chi connectivity index (χ0) is 29.7. The molecule has 1 heterocycles. The van der Waals surface area contributed by atoms with Crippen molar-refractivity contribution >= 4 is 44.2 Å². The first kappa shape index (κ1) is 28.6. The van der Waals surface area contributed by atoms with Crippen LogP contribution in [0, 0.1) is 6.92 Å². The van der Waals surface area contributed by atoms with E-state index in [1.165, 1.54) is 4.90 Å². The molecule has 42 heavy (non-hydrogen) atoms. The molecule has 0 saturated heterocycles. The second kappa shape index (κ2) is 12.3. The van der Waals surface area contributed by atoms with E-state index in [1.54, 1.807) is 72.8 Å². The normalized spacial score (nSPS) is 11.3. The number of anilines is 2. The van der Waals surface area contributed by atoms with Crippen LogP contribution in [-0.2, 0) is 14.8 Å². The molecule has 0 radical (unpaired) electrons. The number of hydrogen-bond acceptors (Lipinski definition) is 5. The summed E-state index contributed by atoms with van der Waals surface area (Å²) in [6.07, 6.45) is 0.729. The van der Waals surface area contributed by atoms with Gasteiger partial charge in [0.1, 0.15) is 17.9 Å². The van der Waals surface area contributed by atoms with Crippen LogP contribution in [0.4, 0.5) is 11.4 Å². The van der Waals surface area contributed by atoms with E-state index in [0.717, 1.165) is 17.5 Å². The van der Waals surface area contributed by atoms with Gasteiger partial charge in [0.05, 0.1) is 16.1 Å². The Kier molecular flexibility index (Phi) is 8.35. The molecule has 0 aliphatic heterocycles. The average Bonchev–Trinajstić information content (AvgIpc) is 3.43. The largest absolute Gasteiger partial charge is 0.338 e. The van der Waals surface area contributed by atoms with Crippen molar-refractivity contribution in [1.29, 1.82) is 0 Å². The number of aromatic amines is 1. The van der Waals surface area contributed by atoms with Crippen LogP contribution >= 0.6 is 0 Å². The molecule has 214 valence electrons.